The molecule has 0 spiro atoms. The maximum absolute atomic E-state index is 5.39. The predicted octanol–water partition coefficient (Wildman–Crippen LogP) is 3.31. The molecule has 1 saturated heterocycles. The monoisotopic (exact) mass is 319 g/mol. The number of hydrogen-bond donors (Lipinski definition) is 0. The van der Waals surface area contributed by atoms with Gasteiger partial charge in [0.2, 0.25) is 11.0 Å². The Bertz CT molecular complexity index is 592. The van der Waals surface area contributed by atoms with Gasteiger partial charge in [-0.1, -0.05) is 19.0 Å². The molecular formula is C15H21N5OS. The Balaban J connectivity index is 1.38. The van der Waals surface area contributed by atoms with Crippen molar-refractivity contribution in [1.29, 1.82) is 0 Å². The van der Waals surface area contributed by atoms with E-state index in [4.69, 9.17) is 4.52 Å². The van der Waals surface area contributed by atoms with E-state index in [-0.39, 0.29) is 0 Å². The molecule has 22 heavy (non-hydrogen) atoms. The van der Waals surface area contributed by atoms with E-state index in [9.17, 15) is 0 Å². The van der Waals surface area contributed by atoms with Gasteiger partial charge in [-0.2, -0.15) is 9.36 Å². The fourth-order valence-corrected chi connectivity index (χ4v) is 3.69. The van der Waals surface area contributed by atoms with E-state index in [2.05, 4.69) is 38.2 Å². The van der Waals surface area contributed by atoms with Crippen LogP contribution < -0.4 is 4.90 Å². The molecule has 0 N–H and O–H groups in total. The molecule has 0 radical (unpaired) electrons. The van der Waals surface area contributed by atoms with Gasteiger partial charge < -0.3 is 9.42 Å². The molecule has 0 unspecified atom stereocenters. The normalized spacial score (nSPS) is 20.0. The van der Waals surface area contributed by atoms with Gasteiger partial charge in [0.25, 0.3) is 0 Å². The summed E-state index contributed by atoms with van der Waals surface area (Å²) in [6.07, 6.45) is 4.52. The molecule has 1 saturated carbocycles. The van der Waals surface area contributed by atoms with E-state index in [0.29, 0.717) is 17.8 Å². The van der Waals surface area contributed by atoms with Crippen LogP contribution in [0.5, 0.6) is 0 Å². The molecule has 0 atom stereocenters. The zero-order valence-electron chi connectivity index (χ0n) is 13.0. The quantitative estimate of drug-likeness (QED) is 0.861. The first-order chi connectivity index (χ1) is 10.7. The van der Waals surface area contributed by atoms with Gasteiger partial charge in [-0.3, -0.25) is 0 Å². The molecular weight excluding hydrogens is 298 g/mol. The summed E-state index contributed by atoms with van der Waals surface area (Å²) in [7, 11) is 0. The molecule has 2 fully saturated rings. The van der Waals surface area contributed by atoms with Gasteiger partial charge in [-0.15, -0.1) is 0 Å². The van der Waals surface area contributed by atoms with Crippen LogP contribution in [0.2, 0.25) is 0 Å². The SMILES string of the molecule is CC(C)c1nsc(N2CCC(c3noc(C4CC4)n3)CC2)n1. The highest BCUT2D eigenvalue weighted by molar-refractivity contribution is 7.09. The molecule has 2 aromatic heterocycles. The Hall–Kier alpha value is -1.50. The van der Waals surface area contributed by atoms with Gasteiger partial charge in [0, 0.05) is 42.4 Å². The Labute approximate surface area is 134 Å². The van der Waals surface area contributed by atoms with Gasteiger partial charge in [-0.25, -0.2) is 4.98 Å². The summed E-state index contributed by atoms with van der Waals surface area (Å²) >= 11 is 1.51. The lowest BCUT2D eigenvalue weighted by Crippen LogP contribution is -2.33. The molecule has 0 aromatic carbocycles. The number of rotatable bonds is 4. The van der Waals surface area contributed by atoms with Crippen LogP contribution in [0.1, 0.15) is 74.8 Å². The van der Waals surface area contributed by atoms with Crippen molar-refractivity contribution in [2.24, 2.45) is 0 Å². The van der Waals surface area contributed by atoms with Gasteiger partial charge in [0.15, 0.2) is 5.82 Å². The second-order valence-corrected chi connectivity index (χ2v) is 7.35. The molecule has 1 aliphatic heterocycles. The summed E-state index contributed by atoms with van der Waals surface area (Å²) in [5.41, 5.74) is 0. The Morgan fingerprint density at radius 1 is 1.09 bits per heavy atom. The van der Waals surface area contributed by atoms with Gasteiger partial charge >= 0.3 is 0 Å². The first-order valence-electron chi connectivity index (χ1n) is 8.12. The van der Waals surface area contributed by atoms with Crippen LogP contribution in [0.4, 0.5) is 5.13 Å². The molecule has 7 heteroatoms. The zero-order valence-corrected chi connectivity index (χ0v) is 13.8. The molecule has 2 aliphatic rings. The predicted molar refractivity (Wildman–Crippen MR) is 84.5 cm³/mol. The van der Waals surface area contributed by atoms with Crippen molar-refractivity contribution in [2.45, 2.75) is 57.3 Å². The fourth-order valence-electron chi connectivity index (χ4n) is 2.83. The maximum atomic E-state index is 5.39. The van der Waals surface area contributed by atoms with Crippen molar-refractivity contribution in [3.05, 3.63) is 17.5 Å². The van der Waals surface area contributed by atoms with Crippen LogP contribution in [0, 0.1) is 0 Å². The molecule has 4 rings (SSSR count). The van der Waals surface area contributed by atoms with Crippen molar-refractivity contribution >= 4 is 16.7 Å². The molecule has 0 amide bonds. The Morgan fingerprint density at radius 3 is 2.50 bits per heavy atom. The summed E-state index contributed by atoms with van der Waals surface area (Å²) in [5, 5.41) is 5.25. The van der Waals surface area contributed by atoms with Crippen molar-refractivity contribution in [1.82, 2.24) is 19.5 Å². The first-order valence-corrected chi connectivity index (χ1v) is 8.90. The number of anilines is 1. The van der Waals surface area contributed by atoms with Gasteiger partial charge in [0.1, 0.15) is 5.82 Å². The highest BCUT2D eigenvalue weighted by atomic mass is 32.1. The minimum atomic E-state index is 0.391. The molecule has 1 aliphatic carbocycles. The van der Waals surface area contributed by atoms with E-state index >= 15 is 0 Å². The van der Waals surface area contributed by atoms with E-state index < -0.39 is 0 Å². The van der Waals surface area contributed by atoms with E-state index in [1.54, 1.807) is 0 Å². The fraction of sp³-hybridized carbons (Fsp3) is 0.733. The smallest absolute Gasteiger partial charge is 0.229 e. The van der Waals surface area contributed by atoms with Gasteiger partial charge in [-0.05, 0) is 25.7 Å². The number of piperidine rings is 1. The Morgan fingerprint density at radius 2 is 1.86 bits per heavy atom. The van der Waals surface area contributed by atoms with Crippen LogP contribution in [-0.4, -0.2) is 32.6 Å². The topological polar surface area (TPSA) is 67.9 Å². The lowest BCUT2D eigenvalue weighted by Gasteiger charge is -2.29. The standard InChI is InChI=1S/C15H21N5OS/c1-9(2)12-17-15(22-19-12)20-7-5-10(6-8-20)13-16-14(21-18-13)11-3-4-11/h9-11H,3-8H2,1-2H3. The summed E-state index contributed by atoms with van der Waals surface area (Å²) in [5.74, 6) is 4.06. The van der Waals surface area contributed by atoms with Crippen LogP contribution in [-0.2, 0) is 0 Å². The summed E-state index contributed by atoms with van der Waals surface area (Å²) in [4.78, 5) is 11.6. The third-order valence-corrected chi connectivity index (χ3v) is 5.25. The number of aromatic nitrogens is 4. The molecule has 6 nitrogen and oxygen atoms in total. The van der Waals surface area contributed by atoms with Crippen molar-refractivity contribution in [3.63, 3.8) is 0 Å². The lowest BCUT2D eigenvalue weighted by molar-refractivity contribution is 0.365. The summed E-state index contributed by atoms with van der Waals surface area (Å²) in [6.45, 7) is 6.24. The summed E-state index contributed by atoms with van der Waals surface area (Å²) < 4.78 is 9.83. The van der Waals surface area contributed by atoms with Crippen LogP contribution in [0.25, 0.3) is 0 Å². The molecule has 118 valence electrons. The number of nitrogens with zero attached hydrogens (tertiary/aromatic N) is 5. The van der Waals surface area contributed by atoms with Crippen LogP contribution in [0.3, 0.4) is 0 Å². The zero-order chi connectivity index (χ0) is 15.1. The first kappa shape index (κ1) is 14.1. The minimum absolute atomic E-state index is 0.391. The largest absolute Gasteiger partial charge is 0.347 e. The second-order valence-electron chi connectivity index (χ2n) is 6.62. The third-order valence-electron chi connectivity index (χ3n) is 4.46. The van der Waals surface area contributed by atoms with Crippen molar-refractivity contribution in [2.75, 3.05) is 18.0 Å². The van der Waals surface area contributed by atoms with Crippen molar-refractivity contribution in [3.8, 4) is 0 Å². The summed E-state index contributed by atoms with van der Waals surface area (Å²) in [6, 6.07) is 0. The molecule has 2 aromatic rings. The highest BCUT2D eigenvalue weighted by Gasteiger charge is 2.32. The van der Waals surface area contributed by atoms with Crippen LogP contribution >= 0.6 is 11.5 Å². The van der Waals surface area contributed by atoms with E-state index in [0.717, 1.165) is 48.6 Å². The molecule has 0 bridgehead atoms. The highest BCUT2D eigenvalue weighted by Crippen LogP contribution is 2.40. The molecule has 3 heterocycles. The van der Waals surface area contributed by atoms with E-state index in [1.807, 2.05) is 0 Å². The Kier molecular flexibility index (Phi) is 3.60. The average Bonchev–Trinajstić information content (AvgIpc) is 3.06. The minimum Gasteiger partial charge on any atom is -0.347 e. The lowest BCUT2D eigenvalue weighted by atomic mass is 9.96. The second kappa shape index (κ2) is 5.61. The third kappa shape index (κ3) is 2.74. The number of hydrogen-bond acceptors (Lipinski definition) is 7. The van der Waals surface area contributed by atoms with Gasteiger partial charge in [0.05, 0.1) is 0 Å². The van der Waals surface area contributed by atoms with Crippen LogP contribution in [0.15, 0.2) is 4.52 Å². The average molecular weight is 319 g/mol. The van der Waals surface area contributed by atoms with Crippen molar-refractivity contribution < 1.29 is 4.52 Å². The van der Waals surface area contributed by atoms with E-state index in [1.165, 1.54) is 24.4 Å². The maximum Gasteiger partial charge on any atom is 0.229 e.